The Kier molecular flexibility index (Phi) is 3.68. The van der Waals surface area contributed by atoms with Gasteiger partial charge in [0, 0.05) is 19.1 Å². The summed E-state index contributed by atoms with van der Waals surface area (Å²) < 4.78 is 5.43. The van der Waals surface area contributed by atoms with Gasteiger partial charge in [-0.2, -0.15) is 0 Å². The molecular formula is C17H22N4O. The van der Waals surface area contributed by atoms with Crippen LogP contribution in [0.3, 0.4) is 0 Å². The Bertz CT molecular complexity index is 676. The summed E-state index contributed by atoms with van der Waals surface area (Å²) in [5.74, 6) is 0.971. The highest BCUT2D eigenvalue weighted by molar-refractivity contribution is 5.81. The smallest absolute Gasteiger partial charge is 0.148 e. The number of nitrogens with zero attached hydrogens (tertiary/aromatic N) is 3. The second-order valence-electron chi connectivity index (χ2n) is 6.20. The van der Waals surface area contributed by atoms with Crippen molar-refractivity contribution in [3.8, 4) is 0 Å². The molecule has 0 amide bonds. The summed E-state index contributed by atoms with van der Waals surface area (Å²) in [6, 6.07) is 4.81. The van der Waals surface area contributed by atoms with Crippen LogP contribution in [0.15, 0.2) is 18.3 Å². The van der Waals surface area contributed by atoms with E-state index in [1.807, 2.05) is 6.20 Å². The lowest BCUT2D eigenvalue weighted by molar-refractivity contribution is 0.122. The van der Waals surface area contributed by atoms with Gasteiger partial charge in [-0.25, -0.2) is 4.98 Å². The van der Waals surface area contributed by atoms with Gasteiger partial charge in [-0.3, -0.25) is 4.98 Å². The number of hydrogen-bond acceptors (Lipinski definition) is 5. The molecule has 0 radical (unpaired) electrons. The van der Waals surface area contributed by atoms with E-state index < -0.39 is 0 Å². The molecule has 1 unspecified atom stereocenters. The van der Waals surface area contributed by atoms with Crippen molar-refractivity contribution in [1.29, 1.82) is 0 Å². The van der Waals surface area contributed by atoms with Crippen LogP contribution in [0.1, 0.15) is 30.0 Å². The van der Waals surface area contributed by atoms with Gasteiger partial charge in [0.25, 0.3) is 0 Å². The largest absolute Gasteiger partial charge is 0.378 e. The number of nitrogens with one attached hydrogen (secondary N) is 1. The number of rotatable bonds is 2. The van der Waals surface area contributed by atoms with Crippen LogP contribution in [0.4, 0.5) is 5.82 Å². The van der Waals surface area contributed by atoms with E-state index in [1.54, 1.807) is 0 Å². The number of fused-ring (bicyclic) bond motifs is 1. The normalized spacial score (nSPS) is 22.4. The molecular weight excluding hydrogens is 276 g/mol. The van der Waals surface area contributed by atoms with Crippen LogP contribution < -0.4 is 10.2 Å². The van der Waals surface area contributed by atoms with Crippen LogP contribution in [-0.2, 0) is 4.74 Å². The minimum Gasteiger partial charge on any atom is -0.378 e. The van der Waals surface area contributed by atoms with Crippen molar-refractivity contribution in [1.82, 2.24) is 15.3 Å². The average Bonchev–Trinajstić information content (AvgIpc) is 3.09. The molecule has 2 saturated heterocycles. The number of aryl methyl sites for hydroxylation is 1. The minimum atomic E-state index is 0.414. The number of morpholine rings is 1. The lowest BCUT2D eigenvalue weighted by atomic mass is 10.0. The maximum Gasteiger partial charge on any atom is 0.148 e. The zero-order valence-electron chi connectivity index (χ0n) is 13.0. The highest BCUT2D eigenvalue weighted by Gasteiger charge is 2.21. The number of aromatic nitrogens is 2. The molecule has 4 rings (SSSR count). The molecule has 1 N–H and O–H groups in total. The highest BCUT2D eigenvalue weighted by Crippen LogP contribution is 2.30. The molecule has 2 aliphatic heterocycles. The quantitative estimate of drug-likeness (QED) is 0.921. The standard InChI is InChI=1S/C17H22N4O/c1-12-9-13(14-3-2-4-18-14)17-15(10-12)19-11-16(20-17)21-5-7-22-8-6-21/h9-11,14,18H,2-8H2,1H3. The molecule has 0 bridgehead atoms. The molecule has 116 valence electrons. The van der Waals surface area contributed by atoms with Gasteiger partial charge in [0.2, 0.25) is 0 Å². The summed E-state index contributed by atoms with van der Waals surface area (Å²) in [6.45, 7) is 6.55. The number of hydrogen-bond donors (Lipinski definition) is 1. The Morgan fingerprint density at radius 2 is 2.14 bits per heavy atom. The van der Waals surface area contributed by atoms with Crippen LogP contribution in [-0.4, -0.2) is 42.8 Å². The Balaban J connectivity index is 1.79. The van der Waals surface area contributed by atoms with Crippen molar-refractivity contribution in [2.45, 2.75) is 25.8 Å². The summed E-state index contributed by atoms with van der Waals surface area (Å²) >= 11 is 0. The lowest BCUT2D eigenvalue weighted by Crippen LogP contribution is -2.36. The number of anilines is 1. The highest BCUT2D eigenvalue weighted by atomic mass is 16.5. The van der Waals surface area contributed by atoms with Crippen LogP contribution >= 0.6 is 0 Å². The molecule has 5 heteroatoms. The second-order valence-corrected chi connectivity index (χ2v) is 6.20. The van der Waals surface area contributed by atoms with Crippen LogP contribution in [0, 0.1) is 6.92 Å². The molecule has 22 heavy (non-hydrogen) atoms. The van der Waals surface area contributed by atoms with Gasteiger partial charge in [0.15, 0.2) is 0 Å². The SMILES string of the molecule is Cc1cc(C2CCCN2)c2nc(N3CCOCC3)cnc2c1. The molecule has 1 atom stereocenters. The van der Waals surface area contributed by atoms with Crippen molar-refractivity contribution in [2.24, 2.45) is 0 Å². The first-order valence-electron chi connectivity index (χ1n) is 8.14. The van der Waals surface area contributed by atoms with Gasteiger partial charge in [-0.05, 0) is 43.5 Å². The summed E-state index contributed by atoms with van der Waals surface area (Å²) in [5, 5.41) is 3.59. The zero-order chi connectivity index (χ0) is 14.9. The predicted octanol–water partition coefficient (Wildman–Crippen LogP) is 2.20. The molecule has 1 aromatic carbocycles. The molecule has 1 aromatic heterocycles. The van der Waals surface area contributed by atoms with Gasteiger partial charge in [-0.15, -0.1) is 0 Å². The van der Waals surface area contributed by atoms with Crippen molar-refractivity contribution in [2.75, 3.05) is 37.7 Å². The first kappa shape index (κ1) is 13.9. The molecule has 5 nitrogen and oxygen atoms in total. The lowest BCUT2D eigenvalue weighted by Gasteiger charge is -2.28. The van der Waals surface area contributed by atoms with E-state index in [9.17, 15) is 0 Å². The third-order valence-electron chi connectivity index (χ3n) is 4.58. The zero-order valence-corrected chi connectivity index (χ0v) is 13.0. The third-order valence-corrected chi connectivity index (χ3v) is 4.58. The van der Waals surface area contributed by atoms with Gasteiger partial charge in [0.1, 0.15) is 5.82 Å². The molecule has 2 aliphatic rings. The van der Waals surface area contributed by atoms with Crippen LogP contribution in [0.5, 0.6) is 0 Å². The summed E-state index contributed by atoms with van der Waals surface area (Å²) in [7, 11) is 0. The molecule has 0 spiro atoms. The van der Waals surface area contributed by atoms with Crippen LogP contribution in [0.25, 0.3) is 11.0 Å². The average molecular weight is 298 g/mol. The van der Waals surface area contributed by atoms with E-state index in [0.29, 0.717) is 6.04 Å². The number of ether oxygens (including phenoxy) is 1. The Morgan fingerprint density at radius 3 is 2.91 bits per heavy atom. The number of benzene rings is 1. The van der Waals surface area contributed by atoms with Crippen molar-refractivity contribution < 1.29 is 4.74 Å². The van der Waals surface area contributed by atoms with Crippen molar-refractivity contribution >= 4 is 16.9 Å². The first-order chi connectivity index (χ1) is 10.8. The minimum absolute atomic E-state index is 0.414. The predicted molar refractivity (Wildman–Crippen MR) is 87.3 cm³/mol. The maximum atomic E-state index is 5.43. The molecule has 0 aliphatic carbocycles. The second kappa shape index (κ2) is 5.82. The van der Waals surface area contributed by atoms with E-state index >= 15 is 0 Å². The molecule has 2 aromatic rings. The van der Waals surface area contributed by atoms with E-state index in [2.05, 4.69) is 34.3 Å². The maximum absolute atomic E-state index is 5.43. The molecule has 3 heterocycles. The summed E-state index contributed by atoms with van der Waals surface area (Å²) in [6.07, 6.45) is 4.32. The topological polar surface area (TPSA) is 50.3 Å². The fourth-order valence-corrected chi connectivity index (χ4v) is 3.44. The van der Waals surface area contributed by atoms with E-state index in [-0.39, 0.29) is 0 Å². The Morgan fingerprint density at radius 1 is 1.27 bits per heavy atom. The summed E-state index contributed by atoms with van der Waals surface area (Å²) in [5.41, 5.74) is 4.61. The fourth-order valence-electron chi connectivity index (χ4n) is 3.44. The van der Waals surface area contributed by atoms with Gasteiger partial charge in [-0.1, -0.05) is 6.07 Å². The Hall–Kier alpha value is -1.72. The molecule has 0 saturated carbocycles. The molecule has 2 fully saturated rings. The van der Waals surface area contributed by atoms with Gasteiger partial charge in [0.05, 0.1) is 30.4 Å². The Labute approximate surface area is 130 Å². The van der Waals surface area contributed by atoms with Gasteiger partial charge >= 0.3 is 0 Å². The van der Waals surface area contributed by atoms with E-state index in [1.165, 1.54) is 24.0 Å². The first-order valence-corrected chi connectivity index (χ1v) is 8.14. The third kappa shape index (κ3) is 2.55. The summed E-state index contributed by atoms with van der Waals surface area (Å²) in [4.78, 5) is 11.9. The van der Waals surface area contributed by atoms with Crippen molar-refractivity contribution in [3.63, 3.8) is 0 Å². The van der Waals surface area contributed by atoms with E-state index in [4.69, 9.17) is 9.72 Å². The van der Waals surface area contributed by atoms with Crippen molar-refractivity contribution in [3.05, 3.63) is 29.5 Å². The monoisotopic (exact) mass is 298 g/mol. The fraction of sp³-hybridized carbons (Fsp3) is 0.529. The van der Waals surface area contributed by atoms with Crippen LogP contribution in [0.2, 0.25) is 0 Å². The van der Waals surface area contributed by atoms with Gasteiger partial charge < -0.3 is 15.0 Å². The van der Waals surface area contributed by atoms with E-state index in [0.717, 1.165) is 49.7 Å².